The van der Waals surface area contributed by atoms with E-state index in [1.807, 2.05) is 37.3 Å². The summed E-state index contributed by atoms with van der Waals surface area (Å²) in [5.41, 5.74) is 3.90. The average molecular weight is 239 g/mol. The van der Waals surface area contributed by atoms with Crippen molar-refractivity contribution in [2.45, 2.75) is 13.5 Å². The van der Waals surface area contributed by atoms with Gasteiger partial charge in [0.25, 0.3) is 0 Å². The Balaban J connectivity index is 1.76. The highest BCUT2D eigenvalue weighted by Gasteiger charge is 2.01. The maximum Gasteiger partial charge on any atom is 0.201 e. The molecule has 5 nitrogen and oxygen atoms in total. The van der Waals surface area contributed by atoms with Crippen LogP contribution in [-0.4, -0.2) is 19.9 Å². The van der Waals surface area contributed by atoms with Gasteiger partial charge < -0.3 is 10.3 Å². The van der Waals surface area contributed by atoms with Gasteiger partial charge in [-0.1, -0.05) is 12.1 Å². The molecule has 90 valence electrons. The van der Waals surface area contributed by atoms with Crippen LogP contribution in [0.15, 0.2) is 36.7 Å². The van der Waals surface area contributed by atoms with Crippen LogP contribution in [0.5, 0.6) is 0 Å². The van der Waals surface area contributed by atoms with Gasteiger partial charge in [-0.3, -0.25) is 0 Å². The van der Waals surface area contributed by atoms with Crippen LogP contribution in [0.4, 0.5) is 5.95 Å². The number of H-pyrrole nitrogens is 1. The Morgan fingerprint density at radius 2 is 2.11 bits per heavy atom. The van der Waals surface area contributed by atoms with Gasteiger partial charge in [0.05, 0.1) is 23.3 Å². The first-order valence-electron chi connectivity index (χ1n) is 5.77. The number of nitrogens with zero attached hydrogens (tertiary/aromatic N) is 3. The topological polar surface area (TPSA) is 66.5 Å². The molecule has 0 spiro atoms. The Morgan fingerprint density at radius 3 is 2.94 bits per heavy atom. The van der Waals surface area contributed by atoms with Gasteiger partial charge in [-0.05, 0) is 25.1 Å². The number of hydrogen-bond donors (Lipinski definition) is 2. The van der Waals surface area contributed by atoms with Crippen LogP contribution in [0.25, 0.3) is 11.0 Å². The number of aromatic nitrogens is 4. The summed E-state index contributed by atoms with van der Waals surface area (Å²) in [5, 5.41) is 3.22. The second-order valence-electron chi connectivity index (χ2n) is 4.11. The first-order valence-corrected chi connectivity index (χ1v) is 5.77. The molecule has 0 radical (unpaired) electrons. The Bertz CT molecular complexity index is 641. The molecule has 0 atom stereocenters. The lowest BCUT2D eigenvalue weighted by Crippen LogP contribution is -2.03. The van der Waals surface area contributed by atoms with E-state index in [9.17, 15) is 0 Å². The van der Waals surface area contributed by atoms with Crippen molar-refractivity contribution < 1.29 is 0 Å². The lowest BCUT2D eigenvalue weighted by Gasteiger charge is -2.02. The molecule has 0 aliphatic rings. The monoisotopic (exact) mass is 239 g/mol. The Hall–Kier alpha value is -2.43. The van der Waals surface area contributed by atoms with Gasteiger partial charge in [-0.2, -0.15) is 0 Å². The van der Waals surface area contributed by atoms with Crippen LogP contribution in [0.3, 0.4) is 0 Å². The molecule has 1 aromatic carbocycles. The van der Waals surface area contributed by atoms with E-state index < -0.39 is 0 Å². The standard InChI is InChI=1S/C13H13N5/c1-9-6-10(16-8-15-9)7-14-13-17-11-4-2-3-5-12(11)18-13/h2-6,8H,7H2,1H3,(H2,14,17,18). The molecule has 0 saturated carbocycles. The fourth-order valence-corrected chi connectivity index (χ4v) is 1.82. The summed E-state index contributed by atoms with van der Waals surface area (Å²) in [7, 11) is 0. The van der Waals surface area contributed by atoms with Crippen molar-refractivity contribution in [2.75, 3.05) is 5.32 Å². The molecule has 2 heterocycles. The third-order valence-corrected chi connectivity index (χ3v) is 2.69. The summed E-state index contributed by atoms with van der Waals surface area (Å²) in [6.07, 6.45) is 1.57. The summed E-state index contributed by atoms with van der Waals surface area (Å²) in [5.74, 6) is 0.757. The highest BCUT2D eigenvalue weighted by atomic mass is 15.1. The maximum absolute atomic E-state index is 4.44. The van der Waals surface area contributed by atoms with E-state index in [1.54, 1.807) is 6.33 Å². The molecule has 0 unspecified atom stereocenters. The minimum absolute atomic E-state index is 0.628. The molecule has 3 aromatic rings. The molecule has 3 rings (SSSR count). The molecule has 0 fully saturated rings. The number of aromatic amines is 1. The highest BCUT2D eigenvalue weighted by molar-refractivity contribution is 5.77. The number of benzene rings is 1. The van der Waals surface area contributed by atoms with Crippen LogP contribution < -0.4 is 5.32 Å². The molecule has 5 heteroatoms. The Labute approximate surface area is 104 Å². The second-order valence-corrected chi connectivity index (χ2v) is 4.11. The van der Waals surface area contributed by atoms with Crippen molar-refractivity contribution in [1.82, 2.24) is 19.9 Å². The SMILES string of the molecule is Cc1cc(CNc2nc3ccccc3[nH]2)ncn1. The van der Waals surface area contributed by atoms with E-state index in [4.69, 9.17) is 0 Å². The third-order valence-electron chi connectivity index (χ3n) is 2.69. The van der Waals surface area contributed by atoms with Crippen molar-refractivity contribution in [3.63, 3.8) is 0 Å². The lowest BCUT2D eigenvalue weighted by molar-refractivity contribution is 0.971. The first-order chi connectivity index (χ1) is 8.81. The fourth-order valence-electron chi connectivity index (χ4n) is 1.82. The zero-order valence-corrected chi connectivity index (χ0v) is 10.0. The number of imidazole rings is 1. The van der Waals surface area contributed by atoms with Gasteiger partial charge in [0.2, 0.25) is 5.95 Å². The minimum Gasteiger partial charge on any atom is -0.350 e. The predicted molar refractivity (Wildman–Crippen MR) is 70.2 cm³/mol. The molecule has 2 aromatic heterocycles. The van der Waals surface area contributed by atoms with Gasteiger partial charge in [0, 0.05) is 5.69 Å². The Kier molecular flexibility index (Phi) is 2.64. The van der Waals surface area contributed by atoms with Gasteiger partial charge in [-0.25, -0.2) is 15.0 Å². The van der Waals surface area contributed by atoms with E-state index >= 15 is 0 Å². The van der Waals surface area contributed by atoms with E-state index in [0.29, 0.717) is 6.54 Å². The maximum atomic E-state index is 4.44. The summed E-state index contributed by atoms with van der Waals surface area (Å²) < 4.78 is 0. The quantitative estimate of drug-likeness (QED) is 0.735. The Morgan fingerprint density at radius 1 is 1.22 bits per heavy atom. The molecule has 0 aliphatic heterocycles. The summed E-state index contributed by atoms with van der Waals surface area (Å²) in [6, 6.07) is 9.89. The van der Waals surface area contributed by atoms with Crippen molar-refractivity contribution >= 4 is 17.0 Å². The number of fused-ring (bicyclic) bond motifs is 1. The summed E-state index contributed by atoms with van der Waals surface area (Å²) >= 11 is 0. The minimum atomic E-state index is 0.628. The fraction of sp³-hybridized carbons (Fsp3) is 0.154. The number of rotatable bonds is 3. The van der Waals surface area contributed by atoms with E-state index in [2.05, 4.69) is 25.3 Å². The number of hydrogen-bond acceptors (Lipinski definition) is 4. The number of nitrogens with one attached hydrogen (secondary N) is 2. The number of para-hydroxylation sites is 2. The normalized spacial score (nSPS) is 10.7. The zero-order valence-electron chi connectivity index (χ0n) is 10.0. The molecule has 2 N–H and O–H groups in total. The summed E-state index contributed by atoms with van der Waals surface area (Å²) in [6.45, 7) is 2.58. The largest absolute Gasteiger partial charge is 0.350 e. The molecule has 18 heavy (non-hydrogen) atoms. The van der Waals surface area contributed by atoms with Crippen molar-refractivity contribution in [1.29, 1.82) is 0 Å². The van der Waals surface area contributed by atoms with Gasteiger partial charge in [0.1, 0.15) is 6.33 Å². The average Bonchev–Trinajstić information content (AvgIpc) is 2.79. The first kappa shape index (κ1) is 10.7. The van der Waals surface area contributed by atoms with Crippen LogP contribution >= 0.6 is 0 Å². The van der Waals surface area contributed by atoms with Crippen LogP contribution in [0.2, 0.25) is 0 Å². The molecular formula is C13H13N5. The molecular weight excluding hydrogens is 226 g/mol. The molecule has 0 saturated heterocycles. The van der Waals surface area contributed by atoms with Crippen LogP contribution in [0, 0.1) is 6.92 Å². The van der Waals surface area contributed by atoms with Crippen molar-refractivity contribution in [2.24, 2.45) is 0 Å². The van der Waals surface area contributed by atoms with E-state index in [0.717, 1.165) is 28.4 Å². The van der Waals surface area contributed by atoms with Crippen molar-refractivity contribution in [3.8, 4) is 0 Å². The van der Waals surface area contributed by atoms with Crippen molar-refractivity contribution in [3.05, 3.63) is 48.0 Å². The lowest BCUT2D eigenvalue weighted by atomic mass is 10.3. The van der Waals surface area contributed by atoms with E-state index in [-0.39, 0.29) is 0 Å². The predicted octanol–water partition coefficient (Wildman–Crippen LogP) is 2.27. The smallest absolute Gasteiger partial charge is 0.201 e. The number of anilines is 1. The third kappa shape index (κ3) is 2.15. The van der Waals surface area contributed by atoms with Gasteiger partial charge in [-0.15, -0.1) is 0 Å². The highest BCUT2D eigenvalue weighted by Crippen LogP contribution is 2.13. The van der Waals surface area contributed by atoms with E-state index in [1.165, 1.54) is 0 Å². The molecule has 0 aliphatic carbocycles. The van der Waals surface area contributed by atoms with Crippen LogP contribution in [-0.2, 0) is 6.54 Å². The summed E-state index contributed by atoms with van der Waals surface area (Å²) in [4.78, 5) is 15.9. The van der Waals surface area contributed by atoms with Gasteiger partial charge >= 0.3 is 0 Å². The van der Waals surface area contributed by atoms with Gasteiger partial charge in [0.15, 0.2) is 0 Å². The van der Waals surface area contributed by atoms with Crippen LogP contribution in [0.1, 0.15) is 11.4 Å². The number of aryl methyl sites for hydroxylation is 1. The molecule has 0 bridgehead atoms. The zero-order chi connectivity index (χ0) is 12.4. The second kappa shape index (κ2) is 4.44. The molecule has 0 amide bonds.